The molecule has 0 unspecified atom stereocenters. The topological polar surface area (TPSA) is 73.2 Å². The summed E-state index contributed by atoms with van der Waals surface area (Å²) in [5, 5.41) is 4.44. The van der Waals surface area contributed by atoms with Crippen LogP contribution in [-0.4, -0.2) is 33.9 Å². The minimum atomic E-state index is -0.505. The van der Waals surface area contributed by atoms with Gasteiger partial charge < -0.3 is 10.1 Å². The van der Waals surface area contributed by atoms with Gasteiger partial charge in [-0.2, -0.15) is 0 Å². The minimum absolute atomic E-state index is 0.163. The van der Waals surface area contributed by atoms with Crippen molar-refractivity contribution in [3.63, 3.8) is 0 Å². The highest BCUT2D eigenvalue weighted by Crippen LogP contribution is 2.27. The maximum Gasteiger partial charge on any atom is 0.262 e. The van der Waals surface area contributed by atoms with Crippen molar-refractivity contribution in [1.82, 2.24) is 9.55 Å². The van der Waals surface area contributed by atoms with Crippen molar-refractivity contribution in [3.05, 3.63) is 62.4 Å². The molecule has 32 heavy (non-hydrogen) atoms. The molecule has 0 radical (unpaired) electrons. The molecule has 0 saturated heterocycles. The average molecular weight is 494 g/mol. The zero-order chi connectivity index (χ0) is 23.3. The van der Waals surface area contributed by atoms with Crippen LogP contribution in [0.3, 0.4) is 0 Å². The number of hydrogen-bond donors (Lipinski definition) is 1. The Labute approximate surface area is 201 Å². The Morgan fingerprint density at radius 3 is 2.81 bits per heavy atom. The molecule has 6 nitrogen and oxygen atoms in total. The number of carbonyl (C=O) groups excluding carboxylic acids is 1. The third-order valence-corrected chi connectivity index (χ3v) is 6.67. The quantitative estimate of drug-likeness (QED) is 0.240. The van der Waals surface area contributed by atoms with Crippen LogP contribution in [0.5, 0.6) is 0 Å². The van der Waals surface area contributed by atoms with Crippen molar-refractivity contribution in [3.8, 4) is 0 Å². The Balaban J connectivity index is 1.88. The third kappa shape index (κ3) is 5.84. The molecule has 170 valence electrons. The lowest BCUT2D eigenvalue weighted by atomic mass is 10.2. The van der Waals surface area contributed by atoms with Crippen LogP contribution >= 0.6 is 35.0 Å². The van der Waals surface area contributed by atoms with Crippen molar-refractivity contribution in [2.24, 2.45) is 0 Å². The van der Waals surface area contributed by atoms with Gasteiger partial charge in [0.15, 0.2) is 5.16 Å². The van der Waals surface area contributed by atoms with E-state index in [1.165, 1.54) is 11.8 Å². The summed E-state index contributed by atoms with van der Waals surface area (Å²) in [7, 11) is 0. The van der Waals surface area contributed by atoms with Gasteiger partial charge in [0.1, 0.15) is 0 Å². The smallest absolute Gasteiger partial charge is 0.262 e. The number of nitrogens with zero attached hydrogens (tertiary/aromatic N) is 2. The summed E-state index contributed by atoms with van der Waals surface area (Å²) in [5.74, 6) is -0.207. The van der Waals surface area contributed by atoms with E-state index in [9.17, 15) is 9.59 Å². The second-order valence-corrected chi connectivity index (χ2v) is 9.38. The number of rotatable bonds is 9. The maximum absolute atomic E-state index is 13.2. The summed E-state index contributed by atoms with van der Waals surface area (Å²) in [6.07, 6.45) is 0.657. The van der Waals surface area contributed by atoms with Gasteiger partial charge >= 0.3 is 0 Å². The number of anilines is 1. The SMILES string of the molecule is CCOCCCn1c(S[C@@H](C)C(=O)Nc2cccc(Cl)c2C)nc2cc(Cl)ccc2c1=O. The molecular weight excluding hydrogens is 469 g/mol. The molecular formula is C23H25Cl2N3O3S. The van der Waals surface area contributed by atoms with E-state index in [1.54, 1.807) is 47.9 Å². The summed E-state index contributed by atoms with van der Waals surface area (Å²) in [6, 6.07) is 10.4. The van der Waals surface area contributed by atoms with Crippen molar-refractivity contribution >= 4 is 57.5 Å². The van der Waals surface area contributed by atoms with Crippen LogP contribution < -0.4 is 10.9 Å². The molecule has 0 spiro atoms. The molecule has 1 N–H and O–H groups in total. The second-order valence-electron chi connectivity index (χ2n) is 7.22. The van der Waals surface area contributed by atoms with E-state index in [0.29, 0.717) is 58.0 Å². The number of benzene rings is 2. The van der Waals surface area contributed by atoms with Gasteiger partial charge in [0.05, 0.1) is 16.2 Å². The Morgan fingerprint density at radius 2 is 2.06 bits per heavy atom. The third-order valence-electron chi connectivity index (χ3n) is 4.93. The fraction of sp³-hybridized carbons (Fsp3) is 0.348. The van der Waals surface area contributed by atoms with Crippen LogP contribution in [0.25, 0.3) is 10.9 Å². The molecule has 0 aliphatic heterocycles. The summed E-state index contributed by atoms with van der Waals surface area (Å²) in [6.45, 7) is 7.14. The van der Waals surface area contributed by atoms with E-state index < -0.39 is 5.25 Å². The predicted molar refractivity (Wildman–Crippen MR) is 132 cm³/mol. The van der Waals surface area contributed by atoms with Crippen LogP contribution in [0.2, 0.25) is 10.0 Å². The van der Waals surface area contributed by atoms with E-state index in [2.05, 4.69) is 10.3 Å². The first kappa shape index (κ1) is 24.6. The van der Waals surface area contributed by atoms with E-state index >= 15 is 0 Å². The van der Waals surface area contributed by atoms with Gasteiger partial charge in [0.25, 0.3) is 5.56 Å². The Bertz CT molecular complexity index is 1180. The summed E-state index contributed by atoms with van der Waals surface area (Å²) in [4.78, 5) is 30.7. The largest absolute Gasteiger partial charge is 0.382 e. The molecule has 9 heteroatoms. The van der Waals surface area contributed by atoms with E-state index in [0.717, 1.165) is 5.56 Å². The standard InChI is InChI=1S/C23H25Cl2N3O3S/c1-4-31-12-6-11-28-22(30)17-10-9-16(24)13-20(17)27-23(28)32-15(3)21(29)26-19-8-5-7-18(25)14(19)2/h5,7-10,13,15H,4,6,11-12H2,1-3H3,(H,26,29)/t15-/m0/s1. The Hall–Kier alpha value is -2.06. The first-order chi connectivity index (χ1) is 15.3. The predicted octanol–water partition coefficient (Wildman–Crippen LogP) is 5.56. The van der Waals surface area contributed by atoms with Gasteiger partial charge in [-0.15, -0.1) is 0 Å². The number of carbonyl (C=O) groups is 1. The molecule has 1 amide bonds. The van der Waals surface area contributed by atoms with Crippen LogP contribution in [0.4, 0.5) is 5.69 Å². The fourth-order valence-electron chi connectivity index (χ4n) is 3.12. The van der Waals surface area contributed by atoms with Crippen LogP contribution in [0, 0.1) is 6.92 Å². The Kier molecular flexibility index (Phi) is 8.59. The van der Waals surface area contributed by atoms with Crippen molar-refractivity contribution in [1.29, 1.82) is 0 Å². The van der Waals surface area contributed by atoms with E-state index in [1.807, 2.05) is 13.8 Å². The monoisotopic (exact) mass is 493 g/mol. The molecule has 1 aromatic heterocycles. The highest BCUT2D eigenvalue weighted by molar-refractivity contribution is 8.00. The summed E-state index contributed by atoms with van der Waals surface area (Å²) in [5.41, 5.74) is 1.79. The highest BCUT2D eigenvalue weighted by atomic mass is 35.5. The number of fused-ring (bicyclic) bond motifs is 1. The lowest BCUT2D eigenvalue weighted by Crippen LogP contribution is -2.27. The number of nitrogens with one attached hydrogen (secondary N) is 1. The Morgan fingerprint density at radius 1 is 1.28 bits per heavy atom. The van der Waals surface area contributed by atoms with Gasteiger partial charge in [-0.1, -0.05) is 41.0 Å². The number of halogens is 2. The molecule has 0 aliphatic rings. The van der Waals surface area contributed by atoms with Crippen LogP contribution in [0.1, 0.15) is 25.8 Å². The molecule has 0 bridgehead atoms. The van der Waals surface area contributed by atoms with Gasteiger partial charge in [-0.3, -0.25) is 14.2 Å². The fourth-order valence-corrected chi connectivity index (χ4v) is 4.39. The molecule has 1 atom stereocenters. The first-order valence-corrected chi connectivity index (χ1v) is 12.0. The summed E-state index contributed by atoms with van der Waals surface area (Å²) >= 11 is 13.5. The lowest BCUT2D eigenvalue weighted by Gasteiger charge is -2.17. The highest BCUT2D eigenvalue weighted by Gasteiger charge is 2.20. The van der Waals surface area contributed by atoms with Crippen molar-refractivity contribution in [2.75, 3.05) is 18.5 Å². The van der Waals surface area contributed by atoms with Crippen molar-refractivity contribution in [2.45, 2.75) is 44.1 Å². The maximum atomic E-state index is 13.2. The summed E-state index contributed by atoms with van der Waals surface area (Å²) < 4.78 is 7.02. The first-order valence-electron chi connectivity index (χ1n) is 10.3. The van der Waals surface area contributed by atoms with Gasteiger partial charge in [0.2, 0.25) is 5.91 Å². The van der Waals surface area contributed by atoms with Crippen LogP contribution in [-0.2, 0) is 16.1 Å². The van der Waals surface area contributed by atoms with Gasteiger partial charge in [0, 0.05) is 35.5 Å². The number of thioether (sulfide) groups is 1. The molecule has 0 fully saturated rings. The number of aromatic nitrogens is 2. The number of ether oxygens (including phenoxy) is 1. The molecule has 3 rings (SSSR count). The lowest BCUT2D eigenvalue weighted by molar-refractivity contribution is -0.115. The normalized spacial score (nSPS) is 12.2. The van der Waals surface area contributed by atoms with E-state index in [4.69, 9.17) is 27.9 Å². The van der Waals surface area contributed by atoms with Crippen molar-refractivity contribution < 1.29 is 9.53 Å². The van der Waals surface area contributed by atoms with Crippen LogP contribution in [0.15, 0.2) is 46.3 Å². The molecule has 0 saturated carbocycles. The minimum Gasteiger partial charge on any atom is -0.382 e. The zero-order valence-electron chi connectivity index (χ0n) is 18.2. The zero-order valence-corrected chi connectivity index (χ0v) is 20.5. The van der Waals surface area contributed by atoms with E-state index in [-0.39, 0.29) is 11.5 Å². The van der Waals surface area contributed by atoms with Gasteiger partial charge in [-0.25, -0.2) is 4.98 Å². The molecule has 2 aromatic carbocycles. The van der Waals surface area contributed by atoms with Gasteiger partial charge in [-0.05, 0) is 63.1 Å². The molecule has 1 heterocycles. The number of amides is 1. The molecule has 3 aromatic rings. The average Bonchev–Trinajstić information content (AvgIpc) is 2.75. The second kappa shape index (κ2) is 11.2. The molecule has 0 aliphatic carbocycles. The number of hydrogen-bond acceptors (Lipinski definition) is 5.